The van der Waals surface area contributed by atoms with Crippen LogP contribution < -0.4 is 10.2 Å². The van der Waals surface area contributed by atoms with Crippen LogP contribution in [0.4, 0.5) is 11.5 Å². The minimum absolute atomic E-state index is 0.0224. The molecule has 1 saturated carbocycles. The van der Waals surface area contributed by atoms with Crippen LogP contribution in [0.5, 0.6) is 0 Å². The van der Waals surface area contributed by atoms with Crippen molar-refractivity contribution in [3.63, 3.8) is 0 Å². The third kappa shape index (κ3) is 5.77. The molecular formula is C26H24ClN5O2. The van der Waals surface area contributed by atoms with Gasteiger partial charge in [0.1, 0.15) is 6.20 Å². The lowest BCUT2D eigenvalue weighted by atomic mass is 10.1. The number of aromatic nitrogens is 2. The zero-order valence-electron chi connectivity index (χ0n) is 18.8. The number of amides is 2. The van der Waals surface area contributed by atoms with Gasteiger partial charge in [-0.2, -0.15) is 0 Å². The molecule has 1 N–H and O–H groups in total. The van der Waals surface area contributed by atoms with Gasteiger partial charge >= 0.3 is 0 Å². The maximum atomic E-state index is 12.5. The number of benzene rings is 1. The minimum Gasteiger partial charge on any atom is -0.361 e. The fraction of sp³-hybridized carbons (Fsp3) is 0.269. The summed E-state index contributed by atoms with van der Waals surface area (Å²) >= 11 is 6.52. The predicted molar refractivity (Wildman–Crippen MR) is 132 cm³/mol. The Morgan fingerprint density at radius 3 is 2.65 bits per heavy atom. The monoisotopic (exact) mass is 473 g/mol. The summed E-state index contributed by atoms with van der Waals surface area (Å²) in [5.41, 5.74) is 3.60. The first-order valence-corrected chi connectivity index (χ1v) is 11.5. The van der Waals surface area contributed by atoms with Crippen molar-refractivity contribution < 1.29 is 9.59 Å². The standard InChI is InChI=1S/C26H24ClN5O2/c1-17(33)32(16-19-3-4-19)24-8-6-20(14-22(24)27)23-7-5-21(15-31-23)26(34)30-12-10-18-9-11-29-25(13-18)28-2/h5-9,11,13-15,19H,3-4,10,12,16H2,1H3,(H,30,34). The first-order chi connectivity index (χ1) is 16.4. The van der Waals surface area contributed by atoms with E-state index in [0.717, 1.165) is 24.0 Å². The fourth-order valence-electron chi connectivity index (χ4n) is 3.64. The Bertz CT molecular complexity index is 1250. The molecular weight excluding hydrogens is 450 g/mol. The van der Waals surface area contributed by atoms with Crippen molar-refractivity contribution in [3.8, 4) is 11.3 Å². The number of rotatable bonds is 8. The number of hydrogen-bond donors (Lipinski definition) is 1. The molecule has 172 valence electrons. The van der Waals surface area contributed by atoms with Crippen molar-refractivity contribution in [2.45, 2.75) is 26.2 Å². The van der Waals surface area contributed by atoms with Gasteiger partial charge in [0.15, 0.2) is 0 Å². The summed E-state index contributed by atoms with van der Waals surface area (Å²) in [5.74, 6) is 0.657. The number of nitrogens with zero attached hydrogens (tertiary/aromatic N) is 4. The van der Waals surface area contributed by atoms with E-state index in [-0.39, 0.29) is 11.8 Å². The summed E-state index contributed by atoms with van der Waals surface area (Å²) in [6, 6.07) is 12.6. The number of pyridine rings is 2. The highest BCUT2D eigenvalue weighted by atomic mass is 35.5. The minimum atomic E-state index is -0.218. The van der Waals surface area contributed by atoms with Crippen LogP contribution in [0.25, 0.3) is 16.1 Å². The molecule has 2 heterocycles. The predicted octanol–water partition coefficient (Wildman–Crippen LogP) is 5.08. The van der Waals surface area contributed by atoms with E-state index in [1.165, 1.54) is 6.20 Å². The van der Waals surface area contributed by atoms with Gasteiger partial charge in [-0.25, -0.2) is 0 Å². The summed E-state index contributed by atoms with van der Waals surface area (Å²) in [4.78, 5) is 38.0. The summed E-state index contributed by atoms with van der Waals surface area (Å²) in [7, 11) is 0. The van der Waals surface area contributed by atoms with Crippen LogP contribution in [0.1, 0.15) is 35.7 Å². The Balaban J connectivity index is 1.38. The molecule has 1 fully saturated rings. The van der Waals surface area contributed by atoms with Crippen LogP contribution >= 0.6 is 11.6 Å². The zero-order chi connectivity index (χ0) is 24.1. The molecule has 2 amide bonds. The van der Waals surface area contributed by atoms with E-state index >= 15 is 0 Å². The van der Waals surface area contributed by atoms with Crippen LogP contribution in [0.15, 0.2) is 54.9 Å². The van der Waals surface area contributed by atoms with Crippen LogP contribution in [-0.2, 0) is 11.2 Å². The van der Waals surface area contributed by atoms with Crippen LogP contribution in [0.2, 0.25) is 5.02 Å². The second kappa shape index (κ2) is 10.4. The number of nitrogens with one attached hydrogen (secondary N) is 1. The Morgan fingerprint density at radius 1 is 1.18 bits per heavy atom. The van der Waals surface area contributed by atoms with E-state index < -0.39 is 0 Å². The maximum Gasteiger partial charge on any atom is 0.269 e. The van der Waals surface area contributed by atoms with Gasteiger partial charge in [-0.1, -0.05) is 29.8 Å². The largest absolute Gasteiger partial charge is 0.361 e. The van der Waals surface area contributed by atoms with Crippen LogP contribution in [0, 0.1) is 12.5 Å². The van der Waals surface area contributed by atoms with Gasteiger partial charge in [0, 0.05) is 31.8 Å². The highest BCUT2D eigenvalue weighted by molar-refractivity contribution is 6.34. The van der Waals surface area contributed by atoms with Gasteiger partial charge in [-0.15, -0.1) is 4.98 Å². The first-order valence-electron chi connectivity index (χ1n) is 11.1. The molecule has 0 aliphatic heterocycles. The van der Waals surface area contributed by atoms with E-state index in [1.807, 2.05) is 18.2 Å². The second-order valence-corrected chi connectivity index (χ2v) is 8.72. The Morgan fingerprint density at radius 2 is 2.00 bits per heavy atom. The molecule has 0 spiro atoms. The SMILES string of the molecule is [C-]#[N+]c1cc(CCNC(=O)c2ccc(-c3ccc(N(CC4CC4)C(C)=O)c(Cl)c3)nc2)ccn1. The average molecular weight is 474 g/mol. The lowest BCUT2D eigenvalue weighted by molar-refractivity contribution is -0.116. The number of halogens is 1. The topological polar surface area (TPSA) is 79.5 Å². The van der Waals surface area contributed by atoms with Crippen molar-refractivity contribution in [3.05, 3.63) is 82.4 Å². The number of carbonyl (C=O) groups excluding carboxylic acids is 2. The van der Waals surface area contributed by atoms with Gasteiger partial charge in [0.05, 0.1) is 22.0 Å². The molecule has 2 aromatic heterocycles. The summed E-state index contributed by atoms with van der Waals surface area (Å²) in [6.07, 6.45) is 6.03. The molecule has 1 aliphatic carbocycles. The average Bonchev–Trinajstić information content (AvgIpc) is 3.67. The molecule has 34 heavy (non-hydrogen) atoms. The van der Waals surface area contributed by atoms with Crippen molar-refractivity contribution in [2.75, 3.05) is 18.0 Å². The highest BCUT2D eigenvalue weighted by Gasteiger charge is 2.27. The van der Waals surface area contributed by atoms with E-state index in [0.29, 0.717) is 53.2 Å². The van der Waals surface area contributed by atoms with Gasteiger partial charge in [0.2, 0.25) is 5.91 Å². The molecule has 0 atom stereocenters. The normalized spacial score (nSPS) is 12.6. The first kappa shape index (κ1) is 23.4. The fourth-order valence-corrected chi connectivity index (χ4v) is 3.92. The van der Waals surface area contributed by atoms with E-state index in [9.17, 15) is 9.59 Å². The molecule has 1 aliphatic rings. The summed E-state index contributed by atoms with van der Waals surface area (Å²) in [6.45, 7) is 9.71. The van der Waals surface area contributed by atoms with Crippen molar-refractivity contribution in [1.82, 2.24) is 15.3 Å². The molecule has 3 aromatic rings. The number of hydrogen-bond acceptors (Lipinski definition) is 4. The Labute approximate surface area is 203 Å². The molecule has 1 aromatic carbocycles. The van der Waals surface area contributed by atoms with E-state index in [1.54, 1.807) is 42.3 Å². The lowest BCUT2D eigenvalue weighted by Gasteiger charge is -2.22. The Kier molecular flexibility index (Phi) is 7.19. The maximum absolute atomic E-state index is 12.5. The lowest BCUT2D eigenvalue weighted by Crippen LogP contribution is -2.30. The molecule has 4 rings (SSSR count). The second-order valence-electron chi connectivity index (χ2n) is 8.31. The summed E-state index contributed by atoms with van der Waals surface area (Å²) in [5, 5.41) is 3.36. The third-order valence-electron chi connectivity index (χ3n) is 5.70. The zero-order valence-corrected chi connectivity index (χ0v) is 19.5. The van der Waals surface area contributed by atoms with Gasteiger partial charge in [-0.3, -0.25) is 14.6 Å². The van der Waals surface area contributed by atoms with Crippen LogP contribution in [-0.4, -0.2) is 34.9 Å². The van der Waals surface area contributed by atoms with E-state index in [2.05, 4.69) is 20.1 Å². The van der Waals surface area contributed by atoms with Gasteiger partial charge in [0.25, 0.3) is 11.7 Å². The van der Waals surface area contributed by atoms with Gasteiger partial charge in [-0.05, 0) is 61.6 Å². The molecule has 7 nitrogen and oxygen atoms in total. The highest BCUT2D eigenvalue weighted by Crippen LogP contribution is 2.35. The number of anilines is 1. The summed E-state index contributed by atoms with van der Waals surface area (Å²) < 4.78 is 0. The Hall–Kier alpha value is -3.76. The smallest absolute Gasteiger partial charge is 0.269 e. The molecule has 8 heteroatoms. The molecule has 0 radical (unpaired) electrons. The van der Waals surface area contributed by atoms with E-state index in [4.69, 9.17) is 18.2 Å². The van der Waals surface area contributed by atoms with Crippen molar-refractivity contribution in [1.29, 1.82) is 0 Å². The van der Waals surface area contributed by atoms with Crippen LogP contribution in [0.3, 0.4) is 0 Å². The van der Waals surface area contributed by atoms with Gasteiger partial charge < -0.3 is 15.1 Å². The van der Waals surface area contributed by atoms with Crippen molar-refractivity contribution in [2.24, 2.45) is 5.92 Å². The number of carbonyl (C=O) groups is 2. The molecule has 0 saturated heterocycles. The quantitative estimate of drug-likeness (QED) is 0.462. The molecule has 0 unspecified atom stereocenters. The molecule has 0 bridgehead atoms. The van der Waals surface area contributed by atoms with Crippen molar-refractivity contribution >= 4 is 34.9 Å². The third-order valence-corrected chi connectivity index (χ3v) is 6.00.